The molecule has 25 heavy (non-hydrogen) atoms. The fourth-order valence-corrected chi connectivity index (χ4v) is 2.99. The standard InChI is InChI=1S/C19H22N2O4/c1-13-3-5-14(6-4-13)16-11-20-17(25-16)7-8-18(22)21-10-9-15(12-21)19(23)24-2/h3-6,11,15H,7-10,12H2,1-2H3/t15-/m0/s1. The number of aromatic nitrogens is 1. The predicted molar refractivity (Wildman–Crippen MR) is 91.7 cm³/mol. The second-order valence-electron chi connectivity index (χ2n) is 6.33. The zero-order valence-electron chi connectivity index (χ0n) is 14.5. The van der Waals surface area contributed by atoms with Crippen LogP contribution in [0.1, 0.15) is 24.3 Å². The lowest BCUT2D eigenvalue weighted by atomic mass is 10.1. The Labute approximate surface area is 146 Å². The van der Waals surface area contributed by atoms with Gasteiger partial charge in [-0.15, -0.1) is 0 Å². The van der Waals surface area contributed by atoms with Crippen molar-refractivity contribution in [3.8, 4) is 11.3 Å². The molecule has 1 saturated heterocycles. The van der Waals surface area contributed by atoms with Gasteiger partial charge in [-0.2, -0.15) is 0 Å². The van der Waals surface area contributed by atoms with E-state index < -0.39 is 0 Å². The van der Waals surface area contributed by atoms with Crippen molar-refractivity contribution in [2.45, 2.75) is 26.2 Å². The van der Waals surface area contributed by atoms with Gasteiger partial charge in [-0.1, -0.05) is 29.8 Å². The van der Waals surface area contributed by atoms with Crippen molar-refractivity contribution in [3.63, 3.8) is 0 Å². The minimum Gasteiger partial charge on any atom is -0.469 e. The summed E-state index contributed by atoms with van der Waals surface area (Å²) in [5.41, 5.74) is 2.15. The molecule has 1 amide bonds. The van der Waals surface area contributed by atoms with Gasteiger partial charge in [-0.05, 0) is 13.3 Å². The smallest absolute Gasteiger partial charge is 0.310 e. The number of likely N-dealkylation sites (tertiary alicyclic amines) is 1. The molecule has 0 aliphatic carbocycles. The molecule has 3 rings (SSSR count). The number of methoxy groups -OCH3 is 1. The molecule has 0 radical (unpaired) electrons. The summed E-state index contributed by atoms with van der Waals surface area (Å²) in [7, 11) is 1.38. The van der Waals surface area contributed by atoms with Crippen LogP contribution in [0.2, 0.25) is 0 Å². The van der Waals surface area contributed by atoms with Crippen molar-refractivity contribution >= 4 is 11.9 Å². The van der Waals surface area contributed by atoms with Crippen molar-refractivity contribution < 1.29 is 18.7 Å². The molecule has 1 aromatic heterocycles. The zero-order chi connectivity index (χ0) is 17.8. The molecular weight excluding hydrogens is 320 g/mol. The van der Waals surface area contributed by atoms with Crippen molar-refractivity contribution in [1.82, 2.24) is 9.88 Å². The monoisotopic (exact) mass is 342 g/mol. The fourth-order valence-electron chi connectivity index (χ4n) is 2.99. The third-order valence-corrected chi connectivity index (χ3v) is 4.52. The second-order valence-corrected chi connectivity index (χ2v) is 6.33. The Morgan fingerprint density at radius 2 is 2.08 bits per heavy atom. The largest absolute Gasteiger partial charge is 0.469 e. The van der Waals surface area contributed by atoms with E-state index in [0.717, 1.165) is 5.56 Å². The highest BCUT2D eigenvalue weighted by Crippen LogP contribution is 2.22. The maximum atomic E-state index is 12.3. The second kappa shape index (κ2) is 7.51. The quantitative estimate of drug-likeness (QED) is 0.781. The SMILES string of the molecule is COC(=O)[C@H]1CCN(C(=O)CCc2ncc(-c3ccc(C)cc3)o2)C1. The molecule has 0 N–H and O–H groups in total. The van der Waals surface area contributed by atoms with Gasteiger partial charge >= 0.3 is 5.97 Å². The Morgan fingerprint density at radius 1 is 1.32 bits per heavy atom. The summed E-state index contributed by atoms with van der Waals surface area (Å²) in [4.78, 5) is 29.8. The van der Waals surface area contributed by atoms with Crippen LogP contribution in [0.15, 0.2) is 34.9 Å². The van der Waals surface area contributed by atoms with E-state index in [2.05, 4.69) is 4.98 Å². The average Bonchev–Trinajstić information content (AvgIpc) is 3.29. The zero-order valence-corrected chi connectivity index (χ0v) is 14.5. The first-order valence-corrected chi connectivity index (χ1v) is 8.44. The van der Waals surface area contributed by atoms with E-state index in [9.17, 15) is 9.59 Å². The van der Waals surface area contributed by atoms with Gasteiger partial charge < -0.3 is 14.1 Å². The molecule has 6 nitrogen and oxygen atoms in total. The number of carbonyl (C=O) groups excluding carboxylic acids is 2. The van der Waals surface area contributed by atoms with Crippen LogP contribution in [0, 0.1) is 12.8 Å². The number of rotatable bonds is 5. The fraction of sp³-hybridized carbons (Fsp3) is 0.421. The summed E-state index contributed by atoms with van der Waals surface area (Å²) >= 11 is 0. The molecule has 0 bridgehead atoms. The molecule has 2 aromatic rings. The summed E-state index contributed by atoms with van der Waals surface area (Å²) in [6.45, 7) is 3.06. The molecular formula is C19H22N2O4. The third-order valence-electron chi connectivity index (χ3n) is 4.52. The molecule has 132 valence electrons. The first-order valence-electron chi connectivity index (χ1n) is 8.44. The Morgan fingerprint density at radius 3 is 2.80 bits per heavy atom. The Hall–Kier alpha value is -2.63. The lowest BCUT2D eigenvalue weighted by molar-refractivity contribution is -0.145. The Balaban J connectivity index is 1.53. The van der Waals surface area contributed by atoms with Crippen LogP contribution in [0.4, 0.5) is 0 Å². The number of oxazole rings is 1. The van der Waals surface area contributed by atoms with E-state index in [0.29, 0.717) is 44.0 Å². The van der Waals surface area contributed by atoms with Gasteiger partial charge in [0.1, 0.15) is 0 Å². The van der Waals surface area contributed by atoms with Crippen molar-refractivity contribution in [2.75, 3.05) is 20.2 Å². The van der Waals surface area contributed by atoms with Gasteiger partial charge in [0.05, 0.1) is 19.2 Å². The van der Waals surface area contributed by atoms with Crippen LogP contribution in [-0.2, 0) is 20.7 Å². The number of hydrogen-bond acceptors (Lipinski definition) is 5. The van der Waals surface area contributed by atoms with Crippen molar-refractivity contribution in [2.24, 2.45) is 5.92 Å². The molecule has 1 aliphatic heterocycles. The van der Waals surface area contributed by atoms with E-state index in [1.807, 2.05) is 31.2 Å². The average molecular weight is 342 g/mol. The summed E-state index contributed by atoms with van der Waals surface area (Å²) in [6, 6.07) is 8.02. The van der Waals surface area contributed by atoms with Crippen LogP contribution < -0.4 is 0 Å². The van der Waals surface area contributed by atoms with Crippen molar-refractivity contribution in [1.29, 1.82) is 0 Å². The number of esters is 1. The van der Waals surface area contributed by atoms with Crippen LogP contribution in [0.25, 0.3) is 11.3 Å². The minimum absolute atomic E-state index is 0.0153. The molecule has 1 atom stereocenters. The summed E-state index contributed by atoms with van der Waals surface area (Å²) < 4.78 is 10.5. The number of aryl methyl sites for hydroxylation is 2. The molecule has 6 heteroatoms. The van der Waals surface area contributed by atoms with Gasteiger partial charge in [-0.25, -0.2) is 4.98 Å². The van der Waals surface area contributed by atoms with Crippen molar-refractivity contribution in [3.05, 3.63) is 41.9 Å². The lowest BCUT2D eigenvalue weighted by Gasteiger charge is -2.15. The number of nitrogens with zero attached hydrogens (tertiary/aromatic N) is 2. The van der Waals surface area contributed by atoms with Crippen LogP contribution >= 0.6 is 0 Å². The maximum absolute atomic E-state index is 12.3. The molecule has 1 fully saturated rings. The minimum atomic E-state index is -0.245. The molecule has 0 unspecified atom stereocenters. The van der Waals surface area contributed by atoms with E-state index in [-0.39, 0.29) is 17.8 Å². The predicted octanol–water partition coefficient (Wildman–Crippen LogP) is 2.60. The van der Waals surface area contributed by atoms with E-state index >= 15 is 0 Å². The van der Waals surface area contributed by atoms with Gasteiger partial charge in [0.15, 0.2) is 11.7 Å². The summed E-state index contributed by atoms with van der Waals surface area (Å²) in [6.07, 6.45) is 3.12. The molecule has 2 heterocycles. The highest BCUT2D eigenvalue weighted by molar-refractivity contribution is 5.79. The van der Waals surface area contributed by atoms with E-state index in [1.54, 1.807) is 11.1 Å². The number of amides is 1. The van der Waals surface area contributed by atoms with E-state index in [4.69, 9.17) is 9.15 Å². The molecule has 0 spiro atoms. The van der Waals surface area contributed by atoms with Gasteiger partial charge in [0.25, 0.3) is 0 Å². The molecule has 1 aromatic carbocycles. The highest BCUT2D eigenvalue weighted by Gasteiger charge is 2.31. The maximum Gasteiger partial charge on any atom is 0.310 e. The number of carbonyl (C=O) groups is 2. The van der Waals surface area contributed by atoms with Crippen LogP contribution in [-0.4, -0.2) is 42.0 Å². The van der Waals surface area contributed by atoms with E-state index in [1.165, 1.54) is 12.7 Å². The normalized spacial score (nSPS) is 16.9. The van der Waals surface area contributed by atoms with Gasteiger partial charge in [0.2, 0.25) is 5.91 Å². The Kier molecular flexibility index (Phi) is 5.16. The summed E-state index contributed by atoms with van der Waals surface area (Å²) in [5, 5.41) is 0. The number of ether oxygens (including phenoxy) is 1. The first kappa shape index (κ1) is 17.2. The molecule has 0 saturated carbocycles. The lowest BCUT2D eigenvalue weighted by Crippen LogP contribution is -2.30. The van der Waals surface area contributed by atoms with Gasteiger partial charge in [-0.3, -0.25) is 9.59 Å². The van der Waals surface area contributed by atoms with Crippen LogP contribution in [0.5, 0.6) is 0 Å². The van der Waals surface area contributed by atoms with Gasteiger partial charge in [0, 0.05) is 31.5 Å². The highest BCUT2D eigenvalue weighted by atomic mass is 16.5. The molecule has 1 aliphatic rings. The third kappa shape index (κ3) is 4.07. The Bertz CT molecular complexity index is 751. The summed E-state index contributed by atoms with van der Waals surface area (Å²) in [5.74, 6) is 0.818. The first-order chi connectivity index (χ1) is 12.1. The topological polar surface area (TPSA) is 72.6 Å². The number of hydrogen-bond donors (Lipinski definition) is 0. The van der Waals surface area contributed by atoms with Crippen LogP contribution in [0.3, 0.4) is 0 Å². The number of benzene rings is 1.